The molecule has 1 atom stereocenters. The number of halogens is 3. The minimum Gasteiger partial charge on any atom is -0.496 e. The van der Waals surface area contributed by atoms with Gasteiger partial charge in [-0.15, -0.1) is 0 Å². The molecule has 1 unspecified atom stereocenters. The van der Waals surface area contributed by atoms with Gasteiger partial charge in [0.1, 0.15) is 24.7 Å². The third-order valence-corrected chi connectivity index (χ3v) is 9.51. The Kier molecular flexibility index (Phi) is 11.1. The van der Waals surface area contributed by atoms with Crippen LogP contribution in [0.25, 0.3) is 21.9 Å². The molecule has 50 heavy (non-hydrogen) atoms. The van der Waals surface area contributed by atoms with Crippen LogP contribution >= 0.6 is 0 Å². The number of esters is 1. The molecule has 0 aliphatic carbocycles. The lowest BCUT2D eigenvalue weighted by molar-refractivity contribution is -0.270. The molecule has 11 nitrogen and oxygen atoms in total. The fourth-order valence-electron chi connectivity index (χ4n) is 5.60. The van der Waals surface area contributed by atoms with E-state index in [1.807, 2.05) is 6.07 Å². The summed E-state index contributed by atoms with van der Waals surface area (Å²) in [5, 5.41) is 9.53. The average Bonchev–Trinajstić information content (AvgIpc) is 3.61. The molecule has 0 bridgehead atoms. The molecule has 0 saturated carbocycles. The summed E-state index contributed by atoms with van der Waals surface area (Å²) in [6.07, 6.45) is -4.83. The number of fused-ring (bicyclic) bond motifs is 2. The van der Waals surface area contributed by atoms with E-state index in [9.17, 15) is 14.9 Å². The fraction of sp³-hybridized carbons (Fsp3) is 0.486. The van der Waals surface area contributed by atoms with Crippen LogP contribution in [0.2, 0.25) is 25.7 Å². The number of nitrogens with zero attached hydrogens (tertiary/aromatic N) is 4. The minimum atomic E-state index is -5.32. The standard InChI is InChI=1S/C35H43F3N4O7Si/c1-10-47-28(43)20-48-34(35(36,37)38,29-24-13-14-41(32(44)49-33(3,4)5)30(24)22(2)17-27(29)45-6)31-40-25-18-23(19-39)11-12-26(25)42(31)21-46-15-16-50(7,8)9/h11-14,17-18H,10,15-16,20-21H2,1-9H3. The summed E-state index contributed by atoms with van der Waals surface area (Å²) in [7, 11) is -0.369. The van der Waals surface area contributed by atoms with Crippen LogP contribution in [0.1, 0.15) is 50.2 Å². The SMILES string of the molecule is CCOC(=O)COC(c1c(OC)cc(C)c2c1ccn2C(=O)OC(C)(C)C)(c1nc2cc(C#N)ccc2n1COCC[Si](C)(C)C)C(F)(F)F. The highest BCUT2D eigenvalue weighted by atomic mass is 28.3. The van der Waals surface area contributed by atoms with Crippen LogP contribution < -0.4 is 4.74 Å². The van der Waals surface area contributed by atoms with Gasteiger partial charge in [-0.1, -0.05) is 19.6 Å². The number of imidazole rings is 1. The second-order valence-electron chi connectivity index (χ2n) is 14.0. The Labute approximate surface area is 289 Å². The number of carbonyl (C=O) groups excluding carboxylic acids is 2. The number of aryl methyl sites for hydroxylation is 1. The number of hydrogen-bond acceptors (Lipinski definition) is 9. The van der Waals surface area contributed by atoms with Crippen LogP contribution in [-0.4, -0.2) is 73.0 Å². The molecule has 0 radical (unpaired) electrons. The Hall–Kier alpha value is -4.39. The van der Waals surface area contributed by atoms with Crippen molar-refractivity contribution in [1.82, 2.24) is 14.1 Å². The zero-order valence-corrected chi connectivity index (χ0v) is 30.8. The number of methoxy groups -OCH3 is 1. The summed E-state index contributed by atoms with van der Waals surface area (Å²) in [4.78, 5) is 30.5. The molecule has 0 fully saturated rings. The van der Waals surface area contributed by atoms with Crippen molar-refractivity contribution in [2.75, 3.05) is 26.9 Å². The molecule has 4 rings (SSSR count). The Morgan fingerprint density at radius 1 is 1.08 bits per heavy atom. The van der Waals surface area contributed by atoms with Gasteiger partial charge in [0.25, 0.3) is 5.60 Å². The zero-order chi connectivity index (χ0) is 37.2. The summed E-state index contributed by atoms with van der Waals surface area (Å²) in [6, 6.07) is 9.74. The number of benzene rings is 2. The smallest absolute Gasteiger partial charge is 0.429 e. The van der Waals surface area contributed by atoms with E-state index in [4.69, 9.17) is 23.7 Å². The third-order valence-electron chi connectivity index (χ3n) is 7.81. The number of hydrogen-bond donors (Lipinski definition) is 0. The number of alkyl halides is 3. The van der Waals surface area contributed by atoms with Crippen molar-refractivity contribution in [3.8, 4) is 11.8 Å². The predicted molar refractivity (Wildman–Crippen MR) is 183 cm³/mol. The Bertz CT molecular complexity index is 1930. The van der Waals surface area contributed by atoms with E-state index in [-0.39, 0.29) is 53.2 Å². The molecule has 270 valence electrons. The van der Waals surface area contributed by atoms with E-state index >= 15 is 13.2 Å². The van der Waals surface area contributed by atoms with Crippen molar-refractivity contribution in [2.24, 2.45) is 0 Å². The van der Waals surface area contributed by atoms with Crippen LogP contribution in [0.5, 0.6) is 5.75 Å². The van der Waals surface area contributed by atoms with Gasteiger partial charge in [0.2, 0.25) is 0 Å². The number of aromatic nitrogens is 3. The lowest BCUT2D eigenvalue weighted by Crippen LogP contribution is -2.49. The molecule has 0 aliphatic rings. The van der Waals surface area contributed by atoms with Crippen LogP contribution in [0, 0.1) is 18.3 Å². The second kappa shape index (κ2) is 14.5. The first-order chi connectivity index (χ1) is 23.3. The van der Waals surface area contributed by atoms with Gasteiger partial charge in [0.05, 0.1) is 47.5 Å². The van der Waals surface area contributed by atoms with Gasteiger partial charge in [-0.25, -0.2) is 14.6 Å². The summed E-state index contributed by atoms with van der Waals surface area (Å²) in [5.41, 5.74) is -4.00. The number of carbonyl (C=O) groups is 2. The monoisotopic (exact) mass is 716 g/mol. The molecule has 0 aliphatic heterocycles. The van der Waals surface area contributed by atoms with Crippen molar-refractivity contribution in [3.63, 3.8) is 0 Å². The van der Waals surface area contributed by atoms with E-state index in [1.54, 1.807) is 27.7 Å². The van der Waals surface area contributed by atoms with Crippen LogP contribution in [0.15, 0.2) is 36.5 Å². The summed E-state index contributed by atoms with van der Waals surface area (Å²) in [6.45, 7) is 13.3. The van der Waals surface area contributed by atoms with Crippen LogP contribution in [-0.2, 0) is 36.1 Å². The summed E-state index contributed by atoms with van der Waals surface area (Å²) >= 11 is 0. The largest absolute Gasteiger partial charge is 0.496 e. The van der Waals surface area contributed by atoms with Crippen molar-refractivity contribution < 1.29 is 46.4 Å². The first-order valence-electron chi connectivity index (χ1n) is 16.1. The van der Waals surface area contributed by atoms with Gasteiger partial charge in [0.15, 0.2) is 5.82 Å². The molecular formula is C35H43F3N4O7Si. The highest BCUT2D eigenvalue weighted by Crippen LogP contribution is 2.53. The van der Waals surface area contributed by atoms with E-state index < -0.39 is 55.5 Å². The summed E-state index contributed by atoms with van der Waals surface area (Å²) < 4.78 is 79.3. The topological polar surface area (TPSA) is 127 Å². The van der Waals surface area contributed by atoms with Crippen LogP contribution in [0.4, 0.5) is 18.0 Å². The highest BCUT2D eigenvalue weighted by molar-refractivity contribution is 6.76. The average molecular weight is 717 g/mol. The molecule has 15 heteroatoms. The Morgan fingerprint density at radius 2 is 1.78 bits per heavy atom. The maximum Gasteiger partial charge on any atom is 0.429 e. The first-order valence-corrected chi connectivity index (χ1v) is 19.8. The number of ether oxygens (including phenoxy) is 5. The second-order valence-corrected chi connectivity index (χ2v) is 19.6. The number of rotatable bonds is 12. The lowest BCUT2D eigenvalue weighted by Gasteiger charge is -2.37. The molecule has 0 spiro atoms. The predicted octanol–water partition coefficient (Wildman–Crippen LogP) is 7.66. The van der Waals surface area contributed by atoms with Gasteiger partial charge in [0, 0.05) is 26.3 Å². The molecule has 2 heterocycles. The first kappa shape index (κ1) is 38.4. The molecule has 0 saturated heterocycles. The lowest BCUT2D eigenvalue weighted by atomic mass is 9.86. The van der Waals surface area contributed by atoms with E-state index in [1.165, 1.54) is 55.1 Å². The highest BCUT2D eigenvalue weighted by Gasteiger charge is 2.64. The Morgan fingerprint density at radius 3 is 2.36 bits per heavy atom. The van der Waals surface area contributed by atoms with E-state index in [0.29, 0.717) is 5.56 Å². The van der Waals surface area contributed by atoms with E-state index in [0.717, 1.165) is 10.6 Å². The van der Waals surface area contributed by atoms with Crippen molar-refractivity contribution in [3.05, 3.63) is 59.0 Å². The molecule has 4 aromatic rings. The third kappa shape index (κ3) is 7.82. The summed E-state index contributed by atoms with van der Waals surface area (Å²) in [5.74, 6) is -1.97. The van der Waals surface area contributed by atoms with Crippen molar-refractivity contribution in [1.29, 1.82) is 5.26 Å². The zero-order valence-electron chi connectivity index (χ0n) is 29.8. The van der Waals surface area contributed by atoms with Gasteiger partial charge >= 0.3 is 18.2 Å². The quantitative estimate of drug-likeness (QED) is 0.0825. The van der Waals surface area contributed by atoms with Crippen molar-refractivity contribution >= 4 is 42.1 Å². The van der Waals surface area contributed by atoms with E-state index in [2.05, 4.69) is 24.6 Å². The van der Waals surface area contributed by atoms with Gasteiger partial charge < -0.3 is 28.3 Å². The fourth-order valence-corrected chi connectivity index (χ4v) is 6.35. The number of nitriles is 1. The van der Waals surface area contributed by atoms with Gasteiger partial charge in [-0.2, -0.15) is 18.4 Å². The molecule has 0 N–H and O–H groups in total. The molecular weight excluding hydrogens is 673 g/mol. The molecule has 0 amide bonds. The van der Waals surface area contributed by atoms with Crippen molar-refractivity contribution in [2.45, 2.75) is 84.4 Å². The van der Waals surface area contributed by atoms with Gasteiger partial charge in [-0.05, 0) is 76.6 Å². The molecule has 2 aromatic carbocycles. The maximum atomic E-state index is 16.3. The Balaban J connectivity index is 2.14. The van der Waals surface area contributed by atoms with Gasteiger partial charge in [-0.3, -0.25) is 4.57 Å². The normalized spacial score (nSPS) is 13.7. The maximum absolute atomic E-state index is 16.3. The van der Waals surface area contributed by atoms with Crippen LogP contribution in [0.3, 0.4) is 0 Å². The minimum absolute atomic E-state index is 0.0647. The molecule has 2 aromatic heterocycles.